The number of rotatable bonds is 12. The standard InChI is InChI=1S/C30H35Cl2N3O5S/c1-20(2)17-33-30(37)22(4)34(18-23-8-15-27(31)28(32)16-23)29(36)19-35(24-9-6-21(3)7-10-24)41(38,39)26-13-11-25(40-5)12-14-26/h6-16,20,22H,17-19H2,1-5H3,(H,33,37). The minimum absolute atomic E-state index is 0.00886. The first-order chi connectivity index (χ1) is 19.3. The van der Waals surface area contributed by atoms with Gasteiger partial charge in [0.05, 0.1) is 27.7 Å². The van der Waals surface area contributed by atoms with Crippen molar-refractivity contribution < 1.29 is 22.7 Å². The minimum Gasteiger partial charge on any atom is -0.497 e. The average molecular weight is 621 g/mol. The van der Waals surface area contributed by atoms with Crippen LogP contribution in [0.15, 0.2) is 71.6 Å². The summed E-state index contributed by atoms with van der Waals surface area (Å²) >= 11 is 12.3. The van der Waals surface area contributed by atoms with Crippen LogP contribution < -0.4 is 14.4 Å². The van der Waals surface area contributed by atoms with Crippen LogP contribution in [0.1, 0.15) is 31.9 Å². The Balaban J connectivity index is 2.02. The van der Waals surface area contributed by atoms with E-state index in [-0.39, 0.29) is 23.3 Å². The normalized spacial score (nSPS) is 12.1. The van der Waals surface area contributed by atoms with Gasteiger partial charge in [-0.2, -0.15) is 0 Å². The van der Waals surface area contributed by atoms with Gasteiger partial charge >= 0.3 is 0 Å². The SMILES string of the molecule is COc1ccc(S(=O)(=O)N(CC(=O)N(Cc2ccc(Cl)c(Cl)c2)C(C)C(=O)NCC(C)C)c2ccc(C)cc2)cc1. The molecule has 1 atom stereocenters. The molecular weight excluding hydrogens is 585 g/mol. The molecule has 3 rings (SSSR count). The Morgan fingerprint density at radius 2 is 1.56 bits per heavy atom. The Kier molecular flexibility index (Phi) is 11.1. The Bertz CT molecular complexity index is 1460. The number of amides is 2. The summed E-state index contributed by atoms with van der Waals surface area (Å²) in [6, 6.07) is 16.8. The van der Waals surface area contributed by atoms with Gasteiger partial charge in [0.15, 0.2) is 0 Å². The number of carbonyl (C=O) groups is 2. The highest BCUT2D eigenvalue weighted by Gasteiger charge is 2.32. The van der Waals surface area contributed by atoms with Gasteiger partial charge in [-0.3, -0.25) is 13.9 Å². The Morgan fingerprint density at radius 3 is 2.12 bits per heavy atom. The molecule has 8 nitrogen and oxygen atoms in total. The first-order valence-corrected chi connectivity index (χ1v) is 15.3. The lowest BCUT2D eigenvalue weighted by atomic mass is 10.1. The van der Waals surface area contributed by atoms with E-state index < -0.39 is 28.5 Å². The van der Waals surface area contributed by atoms with Crippen LogP contribution in [-0.4, -0.2) is 51.4 Å². The van der Waals surface area contributed by atoms with E-state index in [9.17, 15) is 18.0 Å². The van der Waals surface area contributed by atoms with Crippen molar-refractivity contribution in [2.24, 2.45) is 5.92 Å². The van der Waals surface area contributed by atoms with Crippen molar-refractivity contribution >= 4 is 50.7 Å². The first-order valence-electron chi connectivity index (χ1n) is 13.1. The van der Waals surface area contributed by atoms with Gasteiger partial charge < -0.3 is 15.0 Å². The zero-order valence-corrected chi connectivity index (χ0v) is 26.1. The smallest absolute Gasteiger partial charge is 0.264 e. The second-order valence-corrected chi connectivity index (χ2v) is 12.8. The maximum atomic E-state index is 14.0. The van der Waals surface area contributed by atoms with E-state index in [0.717, 1.165) is 9.87 Å². The minimum atomic E-state index is -4.18. The van der Waals surface area contributed by atoms with Gasteiger partial charge in [0, 0.05) is 13.1 Å². The highest BCUT2D eigenvalue weighted by atomic mass is 35.5. The Hall–Kier alpha value is -3.27. The molecule has 3 aromatic rings. The summed E-state index contributed by atoms with van der Waals surface area (Å²) < 4.78 is 34.0. The van der Waals surface area contributed by atoms with E-state index >= 15 is 0 Å². The van der Waals surface area contributed by atoms with Gasteiger partial charge in [0.1, 0.15) is 18.3 Å². The fourth-order valence-corrected chi connectivity index (χ4v) is 5.72. The first kappa shape index (κ1) is 32.2. The number of hydrogen-bond acceptors (Lipinski definition) is 5. The predicted molar refractivity (Wildman–Crippen MR) is 163 cm³/mol. The zero-order chi connectivity index (χ0) is 30.3. The van der Waals surface area contributed by atoms with Crippen LogP contribution in [0.25, 0.3) is 0 Å². The van der Waals surface area contributed by atoms with Crippen LogP contribution in [0.4, 0.5) is 5.69 Å². The summed E-state index contributed by atoms with van der Waals surface area (Å²) in [7, 11) is -2.69. The van der Waals surface area contributed by atoms with Crippen LogP contribution in [0, 0.1) is 12.8 Å². The molecule has 0 fully saturated rings. The molecule has 1 unspecified atom stereocenters. The van der Waals surface area contributed by atoms with Gasteiger partial charge in [0.2, 0.25) is 11.8 Å². The molecule has 220 valence electrons. The van der Waals surface area contributed by atoms with Crippen molar-refractivity contribution in [2.75, 3.05) is 24.5 Å². The fraction of sp³-hybridized carbons (Fsp3) is 0.333. The Labute approximate surface area is 252 Å². The van der Waals surface area contributed by atoms with Gasteiger partial charge in [0.25, 0.3) is 10.0 Å². The zero-order valence-electron chi connectivity index (χ0n) is 23.7. The molecule has 0 aromatic heterocycles. The van der Waals surface area contributed by atoms with Crippen LogP contribution in [0.5, 0.6) is 5.75 Å². The van der Waals surface area contributed by atoms with E-state index in [1.54, 1.807) is 61.5 Å². The van der Waals surface area contributed by atoms with Crippen LogP contribution >= 0.6 is 23.2 Å². The quantitative estimate of drug-likeness (QED) is 0.281. The van der Waals surface area contributed by atoms with Crippen molar-refractivity contribution in [3.05, 3.63) is 87.9 Å². The third kappa shape index (κ3) is 8.38. The summed E-state index contributed by atoms with van der Waals surface area (Å²) in [4.78, 5) is 28.4. The lowest BCUT2D eigenvalue weighted by Crippen LogP contribution is -2.51. The van der Waals surface area contributed by atoms with Crippen LogP contribution in [-0.2, 0) is 26.2 Å². The molecule has 3 aromatic carbocycles. The number of halogens is 2. The lowest BCUT2D eigenvalue weighted by molar-refractivity contribution is -0.139. The summed E-state index contributed by atoms with van der Waals surface area (Å²) in [5.74, 6) is -0.221. The second kappa shape index (κ2) is 14.1. The van der Waals surface area contributed by atoms with Gasteiger partial charge in [-0.1, -0.05) is 60.8 Å². The molecular formula is C30H35Cl2N3O5S. The van der Waals surface area contributed by atoms with Crippen LogP contribution in [0.3, 0.4) is 0 Å². The third-order valence-corrected chi connectivity index (χ3v) is 8.96. The largest absolute Gasteiger partial charge is 0.497 e. The fourth-order valence-electron chi connectivity index (χ4n) is 3.98. The highest BCUT2D eigenvalue weighted by Crippen LogP contribution is 2.27. The van der Waals surface area contributed by atoms with Crippen molar-refractivity contribution in [3.63, 3.8) is 0 Å². The average Bonchev–Trinajstić information content (AvgIpc) is 2.95. The molecule has 0 bridgehead atoms. The number of methoxy groups -OCH3 is 1. The molecule has 1 N–H and O–H groups in total. The highest BCUT2D eigenvalue weighted by molar-refractivity contribution is 7.92. The number of benzene rings is 3. The maximum Gasteiger partial charge on any atom is 0.264 e. The molecule has 11 heteroatoms. The number of nitrogens with one attached hydrogen (secondary N) is 1. The topological polar surface area (TPSA) is 96.0 Å². The van der Waals surface area contributed by atoms with E-state index in [4.69, 9.17) is 27.9 Å². The lowest BCUT2D eigenvalue weighted by Gasteiger charge is -2.32. The maximum absolute atomic E-state index is 14.0. The number of sulfonamides is 1. The number of aryl methyl sites for hydroxylation is 1. The monoisotopic (exact) mass is 619 g/mol. The molecule has 0 aliphatic rings. The molecule has 2 amide bonds. The molecule has 0 spiro atoms. The predicted octanol–water partition coefficient (Wildman–Crippen LogP) is 5.70. The van der Waals surface area contributed by atoms with Crippen LogP contribution in [0.2, 0.25) is 10.0 Å². The molecule has 0 heterocycles. The van der Waals surface area contributed by atoms with Gasteiger partial charge in [-0.25, -0.2) is 8.42 Å². The third-order valence-electron chi connectivity index (χ3n) is 6.44. The number of anilines is 1. The van der Waals surface area contributed by atoms with E-state index in [1.807, 2.05) is 20.8 Å². The summed E-state index contributed by atoms with van der Waals surface area (Å²) in [6.45, 7) is 7.32. The summed E-state index contributed by atoms with van der Waals surface area (Å²) in [5.41, 5.74) is 1.88. The van der Waals surface area contributed by atoms with E-state index in [2.05, 4.69) is 5.32 Å². The number of nitrogens with zero attached hydrogens (tertiary/aromatic N) is 2. The second-order valence-electron chi connectivity index (χ2n) is 10.1. The molecule has 0 radical (unpaired) electrons. The molecule has 41 heavy (non-hydrogen) atoms. The summed E-state index contributed by atoms with van der Waals surface area (Å²) in [5, 5.41) is 3.51. The molecule has 0 aliphatic heterocycles. The molecule has 0 saturated carbocycles. The molecule has 0 saturated heterocycles. The van der Waals surface area contributed by atoms with E-state index in [1.165, 1.54) is 24.1 Å². The Morgan fingerprint density at radius 1 is 0.927 bits per heavy atom. The van der Waals surface area contributed by atoms with Gasteiger partial charge in [-0.05, 0) is 73.9 Å². The van der Waals surface area contributed by atoms with Crippen molar-refractivity contribution in [1.82, 2.24) is 10.2 Å². The van der Waals surface area contributed by atoms with Crippen molar-refractivity contribution in [2.45, 2.75) is 45.2 Å². The number of hydrogen-bond donors (Lipinski definition) is 1. The van der Waals surface area contributed by atoms with Crippen molar-refractivity contribution in [1.29, 1.82) is 0 Å². The summed E-state index contributed by atoms with van der Waals surface area (Å²) in [6.07, 6.45) is 0. The van der Waals surface area contributed by atoms with Crippen molar-refractivity contribution in [3.8, 4) is 5.75 Å². The number of carbonyl (C=O) groups excluding carboxylic acids is 2. The van der Waals surface area contributed by atoms with E-state index in [0.29, 0.717) is 33.6 Å². The number of ether oxygens (including phenoxy) is 1. The van der Waals surface area contributed by atoms with Gasteiger partial charge in [-0.15, -0.1) is 0 Å². The molecule has 0 aliphatic carbocycles.